The van der Waals surface area contributed by atoms with Crippen LogP contribution in [0.3, 0.4) is 0 Å². The molecule has 0 aromatic heterocycles. The van der Waals surface area contributed by atoms with E-state index in [9.17, 15) is 0 Å². The molecule has 112 valence electrons. The first-order chi connectivity index (χ1) is 9.20. The minimum Gasteiger partial charge on any atom is -0.369 e. The van der Waals surface area contributed by atoms with Gasteiger partial charge in [-0.05, 0) is 58.4 Å². The van der Waals surface area contributed by atoms with Crippen LogP contribution >= 0.6 is 23.4 Å². The zero-order valence-electron chi connectivity index (χ0n) is 12.7. The van der Waals surface area contributed by atoms with E-state index in [1.165, 1.54) is 4.90 Å². The van der Waals surface area contributed by atoms with Crippen molar-refractivity contribution in [2.45, 2.75) is 56.3 Å². The molecule has 0 spiro atoms. The first kappa shape index (κ1) is 16.2. The summed E-state index contributed by atoms with van der Waals surface area (Å²) in [5, 5.41) is 0.769. The molecule has 1 aromatic rings. The standard InChI is InChI=1S/C16H24ClNOS/c1-15(2)9-13(16(3,4)19-15)14(18)10-20-12-7-5-11(17)6-8-12/h5-8,13-14H,9-10,18H2,1-4H3. The lowest BCUT2D eigenvalue weighted by molar-refractivity contribution is -0.0759. The molecular formula is C16H24ClNOS. The summed E-state index contributed by atoms with van der Waals surface area (Å²) in [5.41, 5.74) is 6.20. The van der Waals surface area contributed by atoms with Gasteiger partial charge >= 0.3 is 0 Å². The Bertz CT molecular complexity index is 458. The van der Waals surface area contributed by atoms with E-state index in [0.29, 0.717) is 5.92 Å². The number of ether oxygens (including phenoxy) is 1. The van der Waals surface area contributed by atoms with Crippen molar-refractivity contribution in [2.75, 3.05) is 5.75 Å². The predicted molar refractivity (Wildman–Crippen MR) is 87.5 cm³/mol. The number of rotatable bonds is 4. The minimum atomic E-state index is -0.149. The monoisotopic (exact) mass is 313 g/mol. The van der Waals surface area contributed by atoms with Crippen molar-refractivity contribution in [2.24, 2.45) is 11.7 Å². The van der Waals surface area contributed by atoms with Gasteiger partial charge in [0.1, 0.15) is 0 Å². The summed E-state index contributed by atoms with van der Waals surface area (Å²) in [4.78, 5) is 1.21. The largest absolute Gasteiger partial charge is 0.369 e. The Kier molecular flexibility index (Phi) is 4.75. The molecule has 2 nitrogen and oxygen atoms in total. The Morgan fingerprint density at radius 2 is 1.90 bits per heavy atom. The average Bonchev–Trinajstić information content (AvgIpc) is 2.56. The van der Waals surface area contributed by atoms with Crippen LogP contribution in [0.25, 0.3) is 0 Å². The molecule has 1 aliphatic rings. The number of hydrogen-bond acceptors (Lipinski definition) is 3. The highest BCUT2D eigenvalue weighted by atomic mass is 35.5. The molecule has 2 N–H and O–H groups in total. The van der Waals surface area contributed by atoms with Crippen LogP contribution in [-0.4, -0.2) is 23.0 Å². The number of hydrogen-bond donors (Lipinski definition) is 1. The highest BCUT2D eigenvalue weighted by Gasteiger charge is 2.47. The number of nitrogens with two attached hydrogens (primary N) is 1. The topological polar surface area (TPSA) is 35.2 Å². The van der Waals surface area contributed by atoms with Crippen LogP contribution < -0.4 is 5.73 Å². The molecule has 2 atom stereocenters. The summed E-state index contributed by atoms with van der Waals surface area (Å²) in [6.07, 6.45) is 1.02. The van der Waals surface area contributed by atoms with Gasteiger partial charge in [0.25, 0.3) is 0 Å². The highest BCUT2D eigenvalue weighted by Crippen LogP contribution is 2.43. The van der Waals surface area contributed by atoms with Gasteiger partial charge in [-0.15, -0.1) is 11.8 Å². The van der Waals surface area contributed by atoms with Crippen LogP contribution in [0.1, 0.15) is 34.1 Å². The van der Waals surface area contributed by atoms with E-state index in [-0.39, 0.29) is 17.2 Å². The Morgan fingerprint density at radius 3 is 2.40 bits per heavy atom. The lowest BCUT2D eigenvalue weighted by atomic mass is 9.83. The molecule has 0 radical (unpaired) electrons. The SMILES string of the molecule is CC1(C)CC(C(N)CSc2ccc(Cl)cc2)C(C)(C)O1. The summed E-state index contributed by atoms with van der Waals surface area (Å²) in [7, 11) is 0. The zero-order valence-corrected chi connectivity index (χ0v) is 14.2. The number of halogens is 1. The first-order valence-corrected chi connectivity index (χ1v) is 8.40. The predicted octanol–water partition coefficient (Wildman–Crippen LogP) is 4.35. The molecule has 1 heterocycles. The summed E-state index contributed by atoms with van der Waals surface area (Å²) < 4.78 is 6.13. The Morgan fingerprint density at radius 1 is 1.30 bits per heavy atom. The van der Waals surface area contributed by atoms with Gasteiger partial charge in [0.15, 0.2) is 0 Å². The van der Waals surface area contributed by atoms with Gasteiger partial charge in [-0.1, -0.05) is 11.6 Å². The second-order valence-electron chi connectivity index (χ2n) is 6.70. The van der Waals surface area contributed by atoms with Crippen LogP contribution in [0.15, 0.2) is 29.2 Å². The van der Waals surface area contributed by atoms with Crippen LogP contribution in [0, 0.1) is 5.92 Å². The molecule has 0 amide bonds. The molecule has 1 aromatic carbocycles. The van der Waals surface area contributed by atoms with E-state index in [4.69, 9.17) is 22.1 Å². The fraction of sp³-hybridized carbons (Fsp3) is 0.625. The summed E-state index contributed by atoms with van der Waals surface area (Å²) in [5.74, 6) is 1.28. The van der Waals surface area contributed by atoms with Crippen LogP contribution in [0.2, 0.25) is 5.02 Å². The highest BCUT2D eigenvalue weighted by molar-refractivity contribution is 7.99. The molecule has 20 heavy (non-hydrogen) atoms. The molecule has 2 unspecified atom stereocenters. The van der Waals surface area contributed by atoms with Gasteiger partial charge in [0, 0.05) is 27.6 Å². The van der Waals surface area contributed by atoms with Crippen LogP contribution in [0.4, 0.5) is 0 Å². The van der Waals surface area contributed by atoms with Crippen LogP contribution in [-0.2, 0) is 4.74 Å². The van der Waals surface area contributed by atoms with Gasteiger partial charge < -0.3 is 10.5 Å². The first-order valence-electron chi connectivity index (χ1n) is 7.04. The maximum atomic E-state index is 6.43. The summed E-state index contributed by atoms with van der Waals surface area (Å²) in [6, 6.07) is 8.05. The molecular weight excluding hydrogens is 290 g/mol. The molecule has 4 heteroatoms. The maximum Gasteiger partial charge on any atom is 0.0677 e. The van der Waals surface area contributed by atoms with Crippen molar-refractivity contribution < 1.29 is 4.74 Å². The zero-order chi connectivity index (χ0) is 15.0. The quantitative estimate of drug-likeness (QED) is 0.839. The van der Waals surface area contributed by atoms with E-state index >= 15 is 0 Å². The minimum absolute atomic E-state index is 0.0727. The normalized spacial score (nSPS) is 25.6. The van der Waals surface area contributed by atoms with E-state index in [0.717, 1.165) is 17.2 Å². The van der Waals surface area contributed by atoms with Gasteiger partial charge in [-0.2, -0.15) is 0 Å². The Balaban J connectivity index is 1.95. The molecule has 2 rings (SSSR count). The lowest BCUT2D eigenvalue weighted by Gasteiger charge is -2.30. The third-order valence-corrected chi connectivity index (χ3v) is 5.33. The molecule has 0 saturated carbocycles. The average molecular weight is 314 g/mol. The van der Waals surface area contributed by atoms with E-state index in [1.54, 1.807) is 11.8 Å². The van der Waals surface area contributed by atoms with Gasteiger partial charge in [0.05, 0.1) is 11.2 Å². The number of benzene rings is 1. The van der Waals surface area contributed by atoms with Crippen LogP contribution in [0.5, 0.6) is 0 Å². The third kappa shape index (κ3) is 3.91. The molecule has 1 aliphatic heterocycles. The van der Waals surface area contributed by atoms with Gasteiger partial charge in [-0.3, -0.25) is 0 Å². The van der Waals surface area contributed by atoms with Gasteiger partial charge in [-0.25, -0.2) is 0 Å². The number of thioether (sulfide) groups is 1. The van der Waals surface area contributed by atoms with Crippen molar-refractivity contribution in [1.29, 1.82) is 0 Å². The lowest BCUT2D eigenvalue weighted by Crippen LogP contribution is -2.42. The summed E-state index contributed by atoms with van der Waals surface area (Å²) in [6.45, 7) is 8.60. The van der Waals surface area contributed by atoms with Crippen molar-refractivity contribution in [1.82, 2.24) is 0 Å². The van der Waals surface area contributed by atoms with E-state index in [2.05, 4.69) is 27.7 Å². The van der Waals surface area contributed by atoms with E-state index < -0.39 is 0 Å². The summed E-state index contributed by atoms with van der Waals surface area (Å²) >= 11 is 7.68. The van der Waals surface area contributed by atoms with Crippen molar-refractivity contribution in [3.63, 3.8) is 0 Å². The van der Waals surface area contributed by atoms with Crippen molar-refractivity contribution in [3.8, 4) is 0 Å². The molecule has 1 saturated heterocycles. The third-order valence-electron chi connectivity index (χ3n) is 3.92. The Hall–Kier alpha value is -0.220. The second kappa shape index (κ2) is 5.88. The second-order valence-corrected chi connectivity index (χ2v) is 8.23. The molecule has 0 bridgehead atoms. The molecule has 0 aliphatic carbocycles. The molecule has 1 fully saturated rings. The Labute approximate surface area is 131 Å². The van der Waals surface area contributed by atoms with E-state index in [1.807, 2.05) is 24.3 Å². The van der Waals surface area contributed by atoms with Gasteiger partial charge in [0.2, 0.25) is 0 Å². The maximum absolute atomic E-state index is 6.43. The smallest absolute Gasteiger partial charge is 0.0677 e. The van der Waals surface area contributed by atoms with Crippen molar-refractivity contribution >= 4 is 23.4 Å². The fourth-order valence-electron chi connectivity index (χ4n) is 3.11. The van der Waals surface area contributed by atoms with Crippen molar-refractivity contribution in [3.05, 3.63) is 29.3 Å². The fourth-order valence-corrected chi connectivity index (χ4v) is 4.18.